The van der Waals surface area contributed by atoms with Crippen molar-refractivity contribution in [2.24, 2.45) is 0 Å². The van der Waals surface area contributed by atoms with Crippen molar-refractivity contribution in [3.63, 3.8) is 0 Å². The molecule has 20 heavy (non-hydrogen) atoms. The lowest BCUT2D eigenvalue weighted by molar-refractivity contribution is -0.122. The van der Waals surface area contributed by atoms with E-state index in [-0.39, 0.29) is 5.91 Å². The van der Waals surface area contributed by atoms with E-state index in [0.717, 1.165) is 23.4 Å². The maximum absolute atomic E-state index is 12.1. The van der Waals surface area contributed by atoms with Gasteiger partial charge in [0.25, 0.3) is 5.91 Å². The molecule has 0 radical (unpaired) electrons. The number of benzene rings is 2. The fourth-order valence-corrected chi connectivity index (χ4v) is 1.92. The van der Waals surface area contributed by atoms with Gasteiger partial charge in [-0.3, -0.25) is 4.79 Å². The van der Waals surface area contributed by atoms with Crippen LogP contribution in [0, 0.1) is 0 Å². The summed E-state index contributed by atoms with van der Waals surface area (Å²) in [6.45, 7) is 3.82. The van der Waals surface area contributed by atoms with E-state index in [0.29, 0.717) is 0 Å². The Morgan fingerprint density at radius 1 is 1.10 bits per heavy atom. The zero-order valence-corrected chi connectivity index (χ0v) is 11.8. The smallest absolute Gasteiger partial charge is 0.265 e. The molecule has 0 aliphatic heterocycles. The van der Waals surface area contributed by atoms with Crippen LogP contribution in [0.15, 0.2) is 54.6 Å². The first-order valence-corrected chi connectivity index (χ1v) is 6.81. The summed E-state index contributed by atoms with van der Waals surface area (Å²) in [5, 5.41) is 2.84. The molecule has 2 aromatic carbocycles. The Hall–Kier alpha value is -2.29. The number of ether oxygens (including phenoxy) is 1. The van der Waals surface area contributed by atoms with E-state index in [4.69, 9.17) is 4.74 Å². The van der Waals surface area contributed by atoms with Gasteiger partial charge in [0.15, 0.2) is 6.10 Å². The highest BCUT2D eigenvalue weighted by molar-refractivity contribution is 5.94. The van der Waals surface area contributed by atoms with Gasteiger partial charge < -0.3 is 10.1 Å². The normalized spacial score (nSPS) is 11.7. The molecule has 0 saturated heterocycles. The van der Waals surface area contributed by atoms with E-state index >= 15 is 0 Å². The Morgan fingerprint density at radius 2 is 1.75 bits per heavy atom. The summed E-state index contributed by atoms with van der Waals surface area (Å²) in [6.07, 6.45) is 0.339. The summed E-state index contributed by atoms with van der Waals surface area (Å²) in [7, 11) is 0. The Labute approximate surface area is 119 Å². The van der Waals surface area contributed by atoms with E-state index in [1.54, 1.807) is 6.92 Å². The predicted octanol–water partition coefficient (Wildman–Crippen LogP) is 3.66. The minimum Gasteiger partial charge on any atom is -0.481 e. The number of carbonyl (C=O) groups is 1. The highest BCUT2D eigenvalue weighted by atomic mass is 16.5. The zero-order chi connectivity index (χ0) is 14.4. The van der Waals surface area contributed by atoms with E-state index in [2.05, 4.69) is 12.2 Å². The van der Waals surface area contributed by atoms with Crippen LogP contribution in [-0.4, -0.2) is 12.0 Å². The molecule has 3 nitrogen and oxygen atoms in total. The Balaban J connectivity index is 2.01. The van der Waals surface area contributed by atoms with Gasteiger partial charge >= 0.3 is 0 Å². The van der Waals surface area contributed by atoms with E-state index < -0.39 is 6.10 Å². The minimum atomic E-state index is -0.539. The highest BCUT2D eigenvalue weighted by Crippen LogP contribution is 2.20. The third-order valence-corrected chi connectivity index (χ3v) is 3.07. The number of hydrogen-bond acceptors (Lipinski definition) is 2. The van der Waals surface area contributed by atoms with Crippen molar-refractivity contribution in [1.82, 2.24) is 0 Å². The highest BCUT2D eigenvalue weighted by Gasteiger charge is 2.15. The van der Waals surface area contributed by atoms with Gasteiger partial charge in [-0.05, 0) is 37.1 Å². The summed E-state index contributed by atoms with van der Waals surface area (Å²) >= 11 is 0. The molecule has 2 aromatic rings. The maximum Gasteiger partial charge on any atom is 0.265 e. The van der Waals surface area contributed by atoms with Crippen LogP contribution in [0.4, 0.5) is 5.69 Å². The molecule has 0 aromatic heterocycles. The minimum absolute atomic E-state index is 0.151. The van der Waals surface area contributed by atoms with Gasteiger partial charge in [0.1, 0.15) is 5.75 Å². The SMILES string of the molecule is CCc1ccccc1O[C@H](C)C(=O)Nc1ccccc1. The number of para-hydroxylation sites is 2. The second kappa shape index (κ2) is 6.75. The molecular formula is C17H19NO2. The van der Waals surface area contributed by atoms with Crippen molar-refractivity contribution < 1.29 is 9.53 Å². The van der Waals surface area contributed by atoms with Crippen LogP contribution in [0.3, 0.4) is 0 Å². The van der Waals surface area contributed by atoms with Gasteiger partial charge in [0, 0.05) is 5.69 Å². The predicted molar refractivity (Wildman–Crippen MR) is 81.0 cm³/mol. The number of amides is 1. The van der Waals surface area contributed by atoms with E-state index in [1.165, 1.54) is 0 Å². The fourth-order valence-electron chi connectivity index (χ4n) is 1.92. The van der Waals surface area contributed by atoms with Crippen LogP contribution < -0.4 is 10.1 Å². The Bertz CT molecular complexity index is 566. The summed E-state index contributed by atoms with van der Waals surface area (Å²) in [5.41, 5.74) is 1.88. The molecule has 2 rings (SSSR count). The standard InChI is InChI=1S/C17H19NO2/c1-3-14-9-7-8-12-16(14)20-13(2)17(19)18-15-10-5-4-6-11-15/h4-13H,3H2,1-2H3,(H,18,19)/t13-/m1/s1. The van der Waals surface area contributed by atoms with Crippen molar-refractivity contribution in [3.05, 3.63) is 60.2 Å². The monoisotopic (exact) mass is 269 g/mol. The molecular weight excluding hydrogens is 250 g/mol. The van der Waals surface area contributed by atoms with Crippen molar-refractivity contribution in [2.45, 2.75) is 26.4 Å². The van der Waals surface area contributed by atoms with Gasteiger partial charge in [-0.1, -0.05) is 43.3 Å². The molecule has 0 heterocycles. The van der Waals surface area contributed by atoms with Crippen LogP contribution in [0.1, 0.15) is 19.4 Å². The molecule has 1 atom stereocenters. The van der Waals surface area contributed by atoms with E-state index in [1.807, 2.05) is 54.6 Å². The second-order valence-electron chi connectivity index (χ2n) is 4.58. The lowest BCUT2D eigenvalue weighted by atomic mass is 10.1. The molecule has 1 amide bonds. The maximum atomic E-state index is 12.1. The first kappa shape index (κ1) is 14.1. The lowest BCUT2D eigenvalue weighted by Crippen LogP contribution is -2.30. The van der Waals surface area contributed by atoms with E-state index in [9.17, 15) is 4.79 Å². The molecule has 0 aliphatic carbocycles. The summed E-state index contributed by atoms with van der Waals surface area (Å²) in [5.74, 6) is 0.618. The van der Waals surface area contributed by atoms with Gasteiger partial charge in [-0.25, -0.2) is 0 Å². The second-order valence-corrected chi connectivity index (χ2v) is 4.58. The molecule has 104 valence electrons. The van der Waals surface area contributed by atoms with Crippen molar-refractivity contribution in [2.75, 3.05) is 5.32 Å². The molecule has 0 unspecified atom stereocenters. The first-order valence-electron chi connectivity index (χ1n) is 6.81. The first-order chi connectivity index (χ1) is 9.70. The van der Waals surface area contributed by atoms with Crippen LogP contribution >= 0.6 is 0 Å². The lowest BCUT2D eigenvalue weighted by Gasteiger charge is -2.16. The van der Waals surface area contributed by atoms with Gasteiger partial charge in [0.05, 0.1) is 0 Å². The number of hydrogen-bond donors (Lipinski definition) is 1. The van der Waals surface area contributed by atoms with Crippen LogP contribution in [0.25, 0.3) is 0 Å². The van der Waals surface area contributed by atoms with Crippen LogP contribution in [0.5, 0.6) is 5.75 Å². The Morgan fingerprint density at radius 3 is 2.45 bits per heavy atom. The fraction of sp³-hybridized carbons (Fsp3) is 0.235. The number of carbonyl (C=O) groups excluding carboxylic acids is 1. The van der Waals surface area contributed by atoms with Gasteiger partial charge in [-0.2, -0.15) is 0 Å². The van der Waals surface area contributed by atoms with Gasteiger partial charge in [0.2, 0.25) is 0 Å². The third-order valence-electron chi connectivity index (χ3n) is 3.07. The quantitative estimate of drug-likeness (QED) is 0.899. The molecule has 0 aliphatic rings. The van der Waals surface area contributed by atoms with Crippen molar-refractivity contribution >= 4 is 11.6 Å². The molecule has 0 fully saturated rings. The Kier molecular flexibility index (Phi) is 4.77. The molecule has 0 spiro atoms. The number of rotatable bonds is 5. The molecule has 0 bridgehead atoms. The zero-order valence-electron chi connectivity index (χ0n) is 11.8. The topological polar surface area (TPSA) is 38.3 Å². The average molecular weight is 269 g/mol. The van der Waals surface area contributed by atoms with Crippen LogP contribution in [0.2, 0.25) is 0 Å². The number of nitrogens with one attached hydrogen (secondary N) is 1. The number of anilines is 1. The summed E-state index contributed by atoms with van der Waals surface area (Å²) in [6, 6.07) is 17.2. The summed E-state index contributed by atoms with van der Waals surface area (Å²) < 4.78 is 5.76. The van der Waals surface area contributed by atoms with Crippen molar-refractivity contribution in [1.29, 1.82) is 0 Å². The van der Waals surface area contributed by atoms with Crippen molar-refractivity contribution in [3.8, 4) is 5.75 Å². The third kappa shape index (κ3) is 3.60. The largest absolute Gasteiger partial charge is 0.481 e. The van der Waals surface area contributed by atoms with Gasteiger partial charge in [-0.15, -0.1) is 0 Å². The van der Waals surface area contributed by atoms with Crippen LogP contribution in [-0.2, 0) is 11.2 Å². The molecule has 0 saturated carbocycles. The molecule has 3 heteroatoms. The average Bonchev–Trinajstić information content (AvgIpc) is 2.48. The molecule has 1 N–H and O–H groups in total. The number of aryl methyl sites for hydroxylation is 1. The summed E-state index contributed by atoms with van der Waals surface area (Å²) in [4.78, 5) is 12.1.